The first-order chi connectivity index (χ1) is 12.4. The maximum atomic E-state index is 12.6. The fraction of sp³-hybridized carbons (Fsp3) is 0.647. The first kappa shape index (κ1) is 19.4. The van der Waals surface area contributed by atoms with Gasteiger partial charge in [0.25, 0.3) is 5.91 Å². The van der Waals surface area contributed by atoms with Crippen LogP contribution in [0.15, 0.2) is 18.3 Å². The van der Waals surface area contributed by atoms with E-state index in [2.05, 4.69) is 15.2 Å². The zero-order valence-electron chi connectivity index (χ0n) is 14.3. The minimum atomic E-state index is -4.50. The molecule has 3 rings (SSSR count). The van der Waals surface area contributed by atoms with Crippen LogP contribution in [-0.4, -0.2) is 65.7 Å². The van der Waals surface area contributed by atoms with Crippen LogP contribution in [0.4, 0.5) is 13.2 Å². The Bertz CT molecular complexity index is 613. The molecule has 1 N–H and O–H groups in total. The molecular formula is C17H22F3N3O2S. The lowest BCUT2D eigenvalue weighted by Crippen LogP contribution is -2.60. The number of thioether (sulfide) groups is 1. The van der Waals surface area contributed by atoms with Crippen LogP contribution in [0, 0.1) is 0 Å². The lowest BCUT2D eigenvalue weighted by molar-refractivity contribution is -0.141. The molecule has 0 bridgehead atoms. The summed E-state index contributed by atoms with van der Waals surface area (Å²) in [6.07, 6.45) is -1.57. The van der Waals surface area contributed by atoms with Gasteiger partial charge >= 0.3 is 6.18 Å². The summed E-state index contributed by atoms with van der Waals surface area (Å²) >= 11 is 1.91. The van der Waals surface area contributed by atoms with Gasteiger partial charge in [-0.25, -0.2) is 0 Å². The van der Waals surface area contributed by atoms with Crippen molar-refractivity contribution in [3.63, 3.8) is 0 Å². The average molecular weight is 389 g/mol. The summed E-state index contributed by atoms with van der Waals surface area (Å²) in [5.74, 6) is 1.68. The van der Waals surface area contributed by atoms with Crippen LogP contribution in [0.2, 0.25) is 0 Å². The van der Waals surface area contributed by atoms with E-state index in [1.165, 1.54) is 6.07 Å². The van der Waals surface area contributed by atoms with Gasteiger partial charge in [-0.15, -0.1) is 0 Å². The van der Waals surface area contributed by atoms with Crippen LogP contribution in [0.1, 0.15) is 28.9 Å². The van der Waals surface area contributed by atoms with E-state index in [0.29, 0.717) is 19.8 Å². The van der Waals surface area contributed by atoms with Gasteiger partial charge in [-0.3, -0.25) is 14.7 Å². The summed E-state index contributed by atoms with van der Waals surface area (Å²) in [5, 5.41) is 2.91. The minimum absolute atomic E-state index is 0.107. The molecule has 144 valence electrons. The van der Waals surface area contributed by atoms with Gasteiger partial charge in [-0.2, -0.15) is 24.9 Å². The molecule has 9 heteroatoms. The van der Waals surface area contributed by atoms with Gasteiger partial charge in [0, 0.05) is 31.4 Å². The number of amides is 1. The van der Waals surface area contributed by atoms with Gasteiger partial charge in [0.15, 0.2) is 0 Å². The largest absolute Gasteiger partial charge is 0.433 e. The Balaban J connectivity index is 1.65. The van der Waals surface area contributed by atoms with Gasteiger partial charge in [-0.1, -0.05) is 0 Å². The monoisotopic (exact) mass is 389 g/mol. The smallest absolute Gasteiger partial charge is 0.379 e. The second-order valence-electron chi connectivity index (χ2n) is 6.55. The summed E-state index contributed by atoms with van der Waals surface area (Å²) in [5.41, 5.74) is -0.965. The van der Waals surface area contributed by atoms with E-state index in [9.17, 15) is 18.0 Å². The number of nitrogens with zero attached hydrogens (tertiary/aromatic N) is 2. The Morgan fingerprint density at radius 3 is 2.54 bits per heavy atom. The molecule has 2 saturated heterocycles. The summed E-state index contributed by atoms with van der Waals surface area (Å²) in [6.45, 7) is 3.52. The number of hydrogen-bond acceptors (Lipinski definition) is 5. The predicted molar refractivity (Wildman–Crippen MR) is 93.3 cm³/mol. The van der Waals surface area contributed by atoms with Crippen LogP contribution < -0.4 is 5.32 Å². The predicted octanol–water partition coefficient (Wildman–Crippen LogP) is 2.43. The second-order valence-corrected chi connectivity index (χ2v) is 7.77. The highest BCUT2D eigenvalue weighted by atomic mass is 32.2. The Labute approximate surface area is 154 Å². The van der Waals surface area contributed by atoms with Crippen LogP contribution in [-0.2, 0) is 10.9 Å². The van der Waals surface area contributed by atoms with E-state index in [1.807, 2.05) is 11.8 Å². The summed E-state index contributed by atoms with van der Waals surface area (Å²) < 4.78 is 43.2. The fourth-order valence-electron chi connectivity index (χ4n) is 3.44. The van der Waals surface area contributed by atoms with Crippen LogP contribution in [0.5, 0.6) is 0 Å². The average Bonchev–Trinajstić information content (AvgIpc) is 2.67. The molecule has 2 aliphatic rings. The maximum Gasteiger partial charge on any atom is 0.433 e. The third-order valence-electron chi connectivity index (χ3n) is 5.00. The number of carbonyl (C=O) groups is 1. The van der Waals surface area contributed by atoms with Crippen LogP contribution >= 0.6 is 11.8 Å². The first-order valence-electron chi connectivity index (χ1n) is 8.63. The van der Waals surface area contributed by atoms with Crippen molar-refractivity contribution in [2.24, 2.45) is 0 Å². The van der Waals surface area contributed by atoms with Gasteiger partial charge in [0.1, 0.15) is 5.69 Å². The van der Waals surface area contributed by atoms with Crippen molar-refractivity contribution in [1.82, 2.24) is 15.2 Å². The number of nitrogens with one attached hydrogen (secondary N) is 1. The van der Waals surface area contributed by atoms with E-state index < -0.39 is 17.8 Å². The number of aromatic nitrogens is 1. The van der Waals surface area contributed by atoms with E-state index in [0.717, 1.165) is 49.7 Å². The number of morpholine rings is 1. The molecule has 1 amide bonds. The number of pyridine rings is 1. The lowest BCUT2D eigenvalue weighted by atomic mass is 9.89. The lowest BCUT2D eigenvalue weighted by Gasteiger charge is -2.48. The van der Waals surface area contributed by atoms with Gasteiger partial charge < -0.3 is 10.1 Å². The summed E-state index contributed by atoms with van der Waals surface area (Å²) in [7, 11) is 0. The molecular weight excluding hydrogens is 367 g/mol. The molecule has 0 unspecified atom stereocenters. The zero-order chi connectivity index (χ0) is 18.6. The standard InChI is InChI=1S/C17H22F3N3O2S/c18-17(19,20)14-2-1-13(11-21-14)15(24)22-12-16(3-9-26-10-4-16)23-5-7-25-8-6-23/h1-2,11H,3-10,12H2,(H,22,24). The van der Waals surface area contributed by atoms with Crippen molar-refractivity contribution in [3.8, 4) is 0 Å². The van der Waals surface area contributed by atoms with Crippen molar-refractivity contribution in [3.05, 3.63) is 29.6 Å². The molecule has 0 radical (unpaired) electrons. The SMILES string of the molecule is O=C(NCC1(N2CCOCC2)CCSCC1)c1ccc(C(F)(F)F)nc1. The number of halogens is 3. The molecule has 1 aromatic rings. The number of ether oxygens (including phenoxy) is 1. The zero-order valence-corrected chi connectivity index (χ0v) is 15.2. The first-order valence-corrected chi connectivity index (χ1v) is 9.78. The maximum absolute atomic E-state index is 12.6. The normalized spacial score (nSPS) is 21.3. The molecule has 5 nitrogen and oxygen atoms in total. The van der Waals surface area contributed by atoms with E-state index in [-0.39, 0.29) is 11.1 Å². The number of rotatable bonds is 4. The number of carbonyl (C=O) groups excluding carboxylic acids is 1. The number of hydrogen-bond donors (Lipinski definition) is 1. The quantitative estimate of drug-likeness (QED) is 0.857. The molecule has 2 aliphatic heterocycles. The van der Waals surface area contributed by atoms with Crippen LogP contribution in [0.25, 0.3) is 0 Å². The van der Waals surface area contributed by atoms with E-state index in [1.54, 1.807) is 0 Å². The molecule has 0 saturated carbocycles. The molecule has 1 aromatic heterocycles. The van der Waals surface area contributed by atoms with Crippen LogP contribution in [0.3, 0.4) is 0 Å². The summed E-state index contributed by atoms with van der Waals surface area (Å²) in [4.78, 5) is 18.1. The van der Waals surface area contributed by atoms with E-state index in [4.69, 9.17) is 4.74 Å². The number of alkyl halides is 3. The van der Waals surface area contributed by atoms with Crippen molar-refractivity contribution < 1.29 is 22.7 Å². The van der Waals surface area contributed by atoms with Gasteiger partial charge in [0.2, 0.25) is 0 Å². The Kier molecular flexibility index (Phi) is 6.09. The third kappa shape index (κ3) is 4.50. The minimum Gasteiger partial charge on any atom is -0.379 e. The molecule has 0 atom stereocenters. The van der Waals surface area contributed by atoms with Crippen molar-refractivity contribution >= 4 is 17.7 Å². The molecule has 2 fully saturated rings. The molecule has 0 spiro atoms. The molecule has 0 aliphatic carbocycles. The molecule has 0 aromatic carbocycles. The Morgan fingerprint density at radius 2 is 1.96 bits per heavy atom. The Morgan fingerprint density at radius 1 is 1.27 bits per heavy atom. The van der Waals surface area contributed by atoms with E-state index >= 15 is 0 Å². The summed E-state index contributed by atoms with van der Waals surface area (Å²) in [6, 6.07) is 2.01. The topological polar surface area (TPSA) is 54.5 Å². The van der Waals surface area contributed by atoms with Gasteiger partial charge in [0.05, 0.1) is 18.8 Å². The van der Waals surface area contributed by atoms with Crippen molar-refractivity contribution in [1.29, 1.82) is 0 Å². The highest BCUT2D eigenvalue weighted by Crippen LogP contribution is 2.33. The van der Waals surface area contributed by atoms with Crippen molar-refractivity contribution in [2.75, 3.05) is 44.4 Å². The highest BCUT2D eigenvalue weighted by molar-refractivity contribution is 7.99. The van der Waals surface area contributed by atoms with Gasteiger partial charge in [-0.05, 0) is 36.5 Å². The van der Waals surface area contributed by atoms with Crippen molar-refractivity contribution in [2.45, 2.75) is 24.6 Å². The molecule has 26 heavy (non-hydrogen) atoms. The fourth-order valence-corrected chi connectivity index (χ4v) is 4.69. The third-order valence-corrected chi connectivity index (χ3v) is 5.99. The second kappa shape index (κ2) is 8.14. The Hall–Kier alpha value is -1.32. The highest BCUT2D eigenvalue weighted by Gasteiger charge is 2.39. The molecule has 3 heterocycles.